The van der Waals surface area contributed by atoms with Crippen LogP contribution in [0.5, 0.6) is 11.5 Å². The van der Waals surface area contributed by atoms with E-state index < -0.39 is 0 Å². The Labute approximate surface area is 150 Å². The molecule has 0 aliphatic carbocycles. The maximum Gasteiger partial charge on any atom is 0.231 e. The van der Waals surface area contributed by atoms with Crippen molar-refractivity contribution in [2.45, 2.75) is 18.9 Å². The minimum Gasteiger partial charge on any atom is -0.454 e. The van der Waals surface area contributed by atoms with E-state index in [2.05, 4.69) is 6.07 Å². The van der Waals surface area contributed by atoms with Crippen molar-refractivity contribution in [2.24, 2.45) is 0 Å². The summed E-state index contributed by atoms with van der Waals surface area (Å²) < 4.78 is 10.8. The van der Waals surface area contributed by atoms with Crippen LogP contribution in [0, 0.1) is 13.8 Å². The van der Waals surface area contributed by atoms with Gasteiger partial charge in [0.05, 0.1) is 11.3 Å². The van der Waals surface area contributed by atoms with Crippen LogP contribution in [0.2, 0.25) is 0 Å². The number of hydrogen-bond donors (Lipinski definition) is 0. The van der Waals surface area contributed by atoms with Gasteiger partial charge in [-0.2, -0.15) is 0 Å². The number of carbonyl (C=O) groups is 1. The van der Waals surface area contributed by atoms with Crippen LogP contribution < -0.4 is 9.47 Å². The Morgan fingerprint density at radius 3 is 2.56 bits per heavy atom. The Bertz CT molecular complexity index is 967. The Balaban J connectivity index is 1.56. The molecule has 0 fully saturated rings. The topological polar surface area (TPSA) is 48.4 Å². The molecule has 2 aromatic carbocycles. The smallest absolute Gasteiger partial charge is 0.231 e. The normalized spacial score (nSPS) is 12.6. The number of thioether (sulfide) groups is 1. The first-order valence-corrected chi connectivity index (χ1v) is 9.02. The molecule has 0 spiro atoms. The number of hydrogen-bond acceptors (Lipinski definition) is 5. The first-order valence-electron chi connectivity index (χ1n) is 8.04. The molecule has 0 radical (unpaired) electrons. The van der Waals surface area contributed by atoms with Gasteiger partial charge < -0.3 is 9.47 Å². The Hall–Kier alpha value is -2.53. The molecule has 5 heteroatoms. The molecule has 126 valence electrons. The number of aryl methyl sites for hydroxylation is 2. The van der Waals surface area contributed by atoms with Crippen molar-refractivity contribution < 1.29 is 14.3 Å². The summed E-state index contributed by atoms with van der Waals surface area (Å²) in [6.07, 6.45) is 0. The third-order valence-corrected chi connectivity index (χ3v) is 5.26. The van der Waals surface area contributed by atoms with E-state index in [1.807, 2.05) is 50.2 Å². The van der Waals surface area contributed by atoms with Gasteiger partial charge in [-0.05, 0) is 31.5 Å². The fourth-order valence-corrected chi connectivity index (χ4v) is 3.64. The predicted octanol–water partition coefficient (Wildman–Crippen LogP) is 4.56. The highest BCUT2D eigenvalue weighted by molar-refractivity contribution is 8.00. The summed E-state index contributed by atoms with van der Waals surface area (Å²) in [5, 5.41) is 1.88. The van der Waals surface area contributed by atoms with Crippen LogP contribution in [-0.4, -0.2) is 23.3 Å². The van der Waals surface area contributed by atoms with Crippen LogP contribution >= 0.6 is 11.8 Å². The molecule has 0 bridgehead atoms. The minimum atomic E-state index is 0.108. The third kappa shape index (κ3) is 3.20. The average Bonchev–Trinajstić information content (AvgIpc) is 3.05. The van der Waals surface area contributed by atoms with E-state index in [-0.39, 0.29) is 12.6 Å². The highest BCUT2D eigenvalue weighted by Gasteiger charge is 2.16. The van der Waals surface area contributed by atoms with Crippen molar-refractivity contribution in [2.75, 3.05) is 12.5 Å². The first-order chi connectivity index (χ1) is 12.1. The number of carbonyl (C=O) groups excluding carboxylic acids is 1. The third-order valence-electron chi connectivity index (χ3n) is 4.17. The molecule has 25 heavy (non-hydrogen) atoms. The van der Waals surface area contributed by atoms with Crippen LogP contribution in [0.3, 0.4) is 0 Å². The van der Waals surface area contributed by atoms with Crippen molar-refractivity contribution in [3.8, 4) is 11.5 Å². The van der Waals surface area contributed by atoms with Crippen LogP contribution in [0.25, 0.3) is 10.9 Å². The molecule has 4 nitrogen and oxygen atoms in total. The van der Waals surface area contributed by atoms with E-state index in [4.69, 9.17) is 14.5 Å². The lowest BCUT2D eigenvalue weighted by Crippen LogP contribution is -2.03. The van der Waals surface area contributed by atoms with Crippen LogP contribution in [-0.2, 0) is 0 Å². The largest absolute Gasteiger partial charge is 0.454 e. The van der Waals surface area contributed by atoms with E-state index >= 15 is 0 Å². The summed E-state index contributed by atoms with van der Waals surface area (Å²) in [6.45, 7) is 4.27. The highest BCUT2D eigenvalue weighted by Crippen LogP contribution is 2.36. The molecule has 2 heterocycles. The first kappa shape index (κ1) is 16.0. The van der Waals surface area contributed by atoms with Crippen LogP contribution in [0.15, 0.2) is 47.5 Å². The van der Waals surface area contributed by atoms with Crippen molar-refractivity contribution in [1.82, 2.24) is 4.98 Å². The Kier molecular flexibility index (Phi) is 4.09. The highest BCUT2D eigenvalue weighted by atomic mass is 32.2. The van der Waals surface area contributed by atoms with Gasteiger partial charge in [0.15, 0.2) is 17.3 Å². The van der Waals surface area contributed by atoms with E-state index in [1.165, 1.54) is 11.8 Å². The summed E-state index contributed by atoms with van der Waals surface area (Å²) >= 11 is 1.47. The molecule has 0 saturated carbocycles. The quantitative estimate of drug-likeness (QED) is 0.509. The van der Waals surface area contributed by atoms with Gasteiger partial charge >= 0.3 is 0 Å². The van der Waals surface area contributed by atoms with Crippen molar-refractivity contribution >= 4 is 28.4 Å². The number of fused-ring (bicyclic) bond motifs is 2. The maximum absolute atomic E-state index is 12.4. The number of rotatable bonds is 4. The zero-order valence-corrected chi connectivity index (χ0v) is 14.9. The fourth-order valence-electron chi connectivity index (χ4n) is 2.75. The van der Waals surface area contributed by atoms with E-state index in [0.29, 0.717) is 5.75 Å². The molecule has 0 atom stereocenters. The molecular formula is C20H17NO3S. The van der Waals surface area contributed by atoms with E-state index in [1.54, 1.807) is 0 Å². The van der Waals surface area contributed by atoms with Gasteiger partial charge in [-0.25, -0.2) is 4.98 Å². The molecule has 3 aromatic rings. The molecule has 4 rings (SSSR count). The monoisotopic (exact) mass is 351 g/mol. The summed E-state index contributed by atoms with van der Waals surface area (Å²) in [5.74, 6) is 1.95. The zero-order valence-electron chi connectivity index (χ0n) is 14.0. The Morgan fingerprint density at radius 1 is 1.08 bits per heavy atom. The molecule has 0 N–H and O–H groups in total. The van der Waals surface area contributed by atoms with Crippen molar-refractivity contribution in [1.29, 1.82) is 0 Å². The number of Topliss-reactive ketones (excluding diaryl/α,β-unsaturated/α-hetero) is 1. The lowest BCUT2D eigenvalue weighted by Gasteiger charge is -2.08. The van der Waals surface area contributed by atoms with Gasteiger partial charge in [0.25, 0.3) is 0 Å². The lowest BCUT2D eigenvalue weighted by molar-refractivity contribution is 0.102. The van der Waals surface area contributed by atoms with E-state index in [0.717, 1.165) is 44.1 Å². The van der Waals surface area contributed by atoms with Crippen molar-refractivity contribution in [3.63, 3.8) is 0 Å². The van der Waals surface area contributed by atoms with Crippen LogP contribution in [0.4, 0.5) is 0 Å². The van der Waals surface area contributed by atoms with Crippen molar-refractivity contribution in [3.05, 3.63) is 59.2 Å². The summed E-state index contributed by atoms with van der Waals surface area (Å²) in [5.41, 5.74) is 3.78. The number of nitrogens with zero attached hydrogens (tertiary/aromatic N) is 1. The maximum atomic E-state index is 12.4. The summed E-state index contributed by atoms with van der Waals surface area (Å²) in [4.78, 5) is 17.1. The second kappa shape index (κ2) is 6.41. The molecule has 1 aliphatic heterocycles. The molecule has 0 unspecified atom stereocenters. The number of aromatic nitrogens is 1. The minimum absolute atomic E-state index is 0.108. The van der Waals surface area contributed by atoms with Gasteiger partial charge in [0.2, 0.25) is 6.79 Å². The fraction of sp³-hybridized carbons (Fsp3) is 0.200. The van der Waals surface area contributed by atoms with Gasteiger partial charge in [-0.15, -0.1) is 0 Å². The molecule has 1 aliphatic rings. The molecule has 0 amide bonds. The summed E-state index contributed by atoms with van der Waals surface area (Å²) in [6, 6.07) is 13.6. The zero-order chi connectivity index (χ0) is 17.4. The molecular weight excluding hydrogens is 334 g/mol. The molecule has 0 saturated heterocycles. The number of ether oxygens (including phenoxy) is 2. The summed E-state index contributed by atoms with van der Waals surface area (Å²) in [7, 11) is 0. The predicted molar refractivity (Wildman–Crippen MR) is 98.8 cm³/mol. The average molecular weight is 351 g/mol. The number of pyridine rings is 1. The van der Waals surface area contributed by atoms with Gasteiger partial charge in [0, 0.05) is 17.0 Å². The van der Waals surface area contributed by atoms with Gasteiger partial charge in [0.1, 0.15) is 5.03 Å². The Morgan fingerprint density at radius 2 is 1.80 bits per heavy atom. The number of ketones is 1. The lowest BCUT2D eigenvalue weighted by atomic mass is 10.1. The van der Waals surface area contributed by atoms with Gasteiger partial charge in [-0.1, -0.05) is 41.6 Å². The van der Waals surface area contributed by atoms with Crippen LogP contribution in [0.1, 0.15) is 21.5 Å². The van der Waals surface area contributed by atoms with E-state index in [9.17, 15) is 4.79 Å². The second-order valence-corrected chi connectivity index (χ2v) is 7.05. The molecule has 1 aromatic heterocycles. The van der Waals surface area contributed by atoms with Gasteiger partial charge in [-0.3, -0.25) is 4.79 Å². The second-order valence-electron chi connectivity index (χ2n) is 6.09. The number of benzene rings is 2. The SMILES string of the molecule is Cc1ccc(C(=O)CSc2nc3cc4c(cc3cc2C)OCO4)cc1. The standard InChI is InChI=1S/C20H17NO3S/c1-12-3-5-14(6-4-12)17(22)10-25-20-13(2)7-15-8-18-19(24-11-23-18)9-16(15)21-20/h3-9H,10-11H2,1-2H3.